The minimum Gasteiger partial charge on any atom is -0.398 e. The molecule has 0 fully saturated rings. The van der Waals surface area contributed by atoms with Gasteiger partial charge < -0.3 is 11.1 Å². The highest BCUT2D eigenvalue weighted by Gasteiger charge is 2.08. The Labute approximate surface area is 124 Å². The molecule has 0 aliphatic heterocycles. The summed E-state index contributed by atoms with van der Waals surface area (Å²) in [7, 11) is 0. The van der Waals surface area contributed by atoms with Crippen molar-refractivity contribution in [1.29, 1.82) is 0 Å². The molecule has 0 aliphatic carbocycles. The minimum absolute atomic E-state index is 0.178. The predicted octanol–water partition coefficient (Wildman–Crippen LogP) is 3.19. The van der Waals surface area contributed by atoms with Crippen molar-refractivity contribution in [3.05, 3.63) is 57.4 Å². The maximum absolute atomic E-state index is 13.0. The Bertz CT molecular complexity index is 616. The van der Waals surface area contributed by atoms with E-state index in [4.69, 9.17) is 5.73 Å². The van der Waals surface area contributed by atoms with Crippen LogP contribution in [0.25, 0.3) is 0 Å². The summed E-state index contributed by atoms with van der Waals surface area (Å²) in [5.74, 6) is -0.503. The Morgan fingerprint density at radius 1 is 1.26 bits per heavy atom. The second-order valence-electron chi connectivity index (χ2n) is 4.05. The quantitative estimate of drug-likeness (QED) is 0.644. The maximum Gasteiger partial charge on any atom is 0.228 e. The smallest absolute Gasteiger partial charge is 0.228 e. The van der Waals surface area contributed by atoms with E-state index >= 15 is 0 Å². The molecule has 0 radical (unpaired) electrons. The van der Waals surface area contributed by atoms with Gasteiger partial charge in [-0.25, -0.2) is 4.39 Å². The van der Waals surface area contributed by atoms with Gasteiger partial charge in [-0.15, -0.1) is 0 Å². The van der Waals surface area contributed by atoms with E-state index in [2.05, 4.69) is 5.32 Å². The third-order valence-corrected chi connectivity index (χ3v) is 3.50. The van der Waals surface area contributed by atoms with Crippen molar-refractivity contribution in [2.45, 2.75) is 6.42 Å². The molecule has 98 valence electrons. The number of nitrogen functional groups attached to an aromatic ring is 1. The average Bonchev–Trinajstić information content (AvgIpc) is 2.36. The van der Waals surface area contributed by atoms with Crippen LogP contribution in [0.15, 0.2) is 42.5 Å². The lowest BCUT2D eigenvalue weighted by atomic mass is 10.1. The predicted molar refractivity (Wildman–Crippen MR) is 82.3 cm³/mol. The lowest BCUT2D eigenvalue weighted by Gasteiger charge is -2.08. The summed E-state index contributed by atoms with van der Waals surface area (Å²) in [5.41, 5.74) is 7.74. The number of amides is 1. The summed E-state index contributed by atoms with van der Waals surface area (Å²) in [4.78, 5) is 11.9. The minimum atomic E-state index is -0.324. The molecule has 2 aromatic rings. The first-order chi connectivity index (χ1) is 9.06. The fourth-order valence-electron chi connectivity index (χ4n) is 1.65. The van der Waals surface area contributed by atoms with Gasteiger partial charge in [0.25, 0.3) is 0 Å². The largest absolute Gasteiger partial charge is 0.398 e. The van der Waals surface area contributed by atoms with E-state index in [1.165, 1.54) is 12.1 Å². The van der Waals surface area contributed by atoms with Crippen LogP contribution in [0.5, 0.6) is 0 Å². The van der Waals surface area contributed by atoms with Gasteiger partial charge in [-0.1, -0.05) is 18.2 Å². The molecular weight excluding hydrogens is 358 g/mol. The van der Waals surface area contributed by atoms with Crippen molar-refractivity contribution in [3.8, 4) is 0 Å². The molecule has 3 N–H and O–H groups in total. The highest BCUT2D eigenvalue weighted by atomic mass is 127. The molecule has 0 atom stereocenters. The number of benzene rings is 2. The van der Waals surface area contributed by atoms with E-state index in [0.717, 1.165) is 5.56 Å². The molecule has 0 spiro atoms. The number of carbonyl (C=O) groups is 1. The van der Waals surface area contributed by atoms with Gasteiger partial charge in [0.1, 0.15) is 5.82 Å². The molecule has 3 nitrogen and oxygen atoms in total. The van der Waals surface area contributed by atoms with Crippen LogP contribution in [0, 0.1) is 9.39 Å². The van der Waals surface area contributed by atoms with Crippen molar-refractivity contribution in [2.75, 3.05) is 11.1 Å². The summed E-state index contributed by atoms with van der Waals surface area (Å²) in [5, 5.41) is 2.74. The highest BCUT2D eigenvalue weighted by Crippen LogP contribution is 2.19. The molecule has 0 aliphatic rings. The molecule has 0 aromatic heterocycles. The van der Waals surface area contributed by atoms with Crippen molar-refractivity contribution < 1.29 is 9.18 Å². The highest BCUT2D eigenvalue weighted by molar-refractivity contribution is 14.1. The normalized spacial score (nSPS) is 10.2. The number of nitrogens with two attached hydrogens (primary N) is 1. The molecule has 19 heavy (non-hydrogen) atoms. The molecule has 5 heteroatoms. The van der Waals surface area contributed by atoms with Crippen LogP contribution in [0.1, 0.15) is 5.56 Å². The summed E-state index contributed by atoms with van der Waals surface area (Å²) >= 11 is 1.98. The molecule has 2 aromatic carbocycles. The number of anilines is 2. The molecule has 0 bridgehead atoms. The lowest BCUT2D eigenvalue weighted by Crippen LogP contribution is -2.16. The van der Waals surface area contributed by atoms with Gasteiger partial charge in [-0.3, -0.25) is 4.79 Å². The molecule has 0 saturated carbocycles. The zero-order valence-corrected chi connectivity index (χ0v) is 12.1. The van der Waals surface area contributed by atoms with Gasteiger partial charge in [0.2, 0.25) is 5.91 Å². The number of para-hydroxylation sites is 1. The van der Waals surface area contributed by atoms with Gasteiger partial charge in [0, 0.05) is 9.26 Å². The van der Waals surface area contributed by atoms with Crippen LogP contribution in [0.2, 0.25) is 0 Å². The Kier molecular flexibility index (Phi) is 4.36. The van der Waals surface area contributed by atoms with Crippen molar-refractivity contribution in [3.63, 3.8) is 0 Å². The van der Waals surface area contributed by atoms with Crippen molar-refractivity contribution in [1.82, 2.24) is 0 Å². The first-order valence-corrected chi connectivity index (χ1v) is 6.72. The molecule has 1 amide bonds. The van der Waals surface area contributed by atoms with E-state index < -0.39 is 0 Å². The Morgan fingerprint density at radius 2 is 2.00 bits per heavy atom. The maximum atomic E-state index is 13.0. The third-order valence-electron chi connectivity index (χ3n) is 2.61. The zero-order chi connectivity index (χ0) is 13.8. The van der Waals surface area contributed by atoms with Gasteiger partial charge in [-0.2, -0.15) is 0 Å². The van der Waals surface area contributed by atoms with Crippen LogP contribution in [0.4, 0.5) is 15.8 Å². The summed E-state index contributed by atoms with van der Waals surface area (Å²) in [6.45, 7) is 0. The van der Waals surface area contributed by atoms with Crippen molar-refractivity contribution in [2.24, 2.45) is 0 Å². The van der Waals surface area contributed by atoms with Crippen LogP contribution >= 0.6 is 22.6 Å². The van der Waals surface area contributed by atoms with Crippen LogP contribution in [0.3, 0.4) is 0 Å². The number of rotatable bonds is 3. The Morgan fingerprint density at radius 3 is 2.68 bits per heavy atom. The molecule has 0 unspecified atom stereocenters. The summed E-state index contributed by atoms with van der Waals surface area (Å²) in [6, 6.07) is 11.4. The van der Waals surface area contributed by atoms with E-state index in [1.807, 2.05) is 40.8 Å². The number of carbonyl (C=O) groups excluding carboxylic acids is 1. The topological polar surface area (TPSA) is 55.1 Å². The monoisotopic (exact) mass is 370 g/mol. The second kappa shape index (κ2) is 6.01. The van der Waals surface area contributed by atoms with Gasteiger partial charge in [0.15, 0.2) is 0 Å². The number of hydrogen-bond donors (Lipinski definition) is 2. The number of nitrogens with one attached hydrogen (secondary N) is 1. The van der Waals surface area contributed by atoms with Gasteiger partial charge in [0.05, 0.1) is 12.1 Å². The summed E-state index contributed by atoms with van der Waals surface area (Å²) < 4.78 is 13.6. The molecule has 0 heterocycles. The van der Waals surface area contributed by atoms with Crippen molar-refractivity contribution >= 4 is 39.9 Å². The Balaban J connectivity index is 2.08. The third kappa shape index (κ3) is 3.66. The van der Waals surface area contributed by atoms with E-state index in [1.54, 1.807) is 12.1 Å². The standard InChI is InChI=1S/C14H12FIN2O/c15-10-5-6-13(11(16)8-10)18-14(19)7-9-3-1-2-4-12(9)17/h1-6,8H,7,17H2,(H,18,19). The number of hydrogen-bond acceptors (Lipinski definition) is 2. The molecule has 0 saturated heterocycles. The van der Waals surface area contributed by atoms with Crippen LogP contribution in [-0.2, 0) is 11.2 Å². The fraction of sp³-hybridized carbons (Fsp3) is 0.0714. The number of halogens is 2. The first kappa shape index (κ1) is 13.8. The lowest BCUT2D eigenvalue weighted by molar-refractivity contribution is -0.115. The fourth-order valence-corrected chi connectivity index (χ4v) is 2.27. The second-order valence-corrected chi connectivity index (χ2v) is 5.21. The van der Waals surface area contributed by atoms with Gasteiger partial charge in [-0.05, 0) is 52.4 Å². The zero-order valence-electron chi connectivity index (χ0n) is 9.99. The summed E-state index contributed by atoms with van der Waals surface area (Å²) in [6.07, 6.45) is 0.195. The van der Waals surface area contributed by atoms with E-state index in [9.17, 15) is 9.18 Å². The SMILES string of the molecule is Nc1ccccc1CC(=O)Nc1ccc(F)cc1I. The van der Waals surface area contributed by atoms with Crippen LogP contribution < -0.4 is 11.1 Å². The average molecular weight is 370 g/mol. The Hall–Kier alpha value is -1.63. The van der Waals surface area contributed by atoms with Gasteiger partial charge >= 0.3 is 0 Å². The van der Waals surface area contributed by atoms with Crippen LogP contribution in [-0.4, -0.2) is 5.91 Å². The van der Waals surface area contributed by atoms with E-state index in [-0.39, 0.29) is 18.1 Å². The van der Waals surface area contributed by atoms with E-state index in [0.29, 0.717) is 14.9 Å². The molecular formula is C14H12FIN2O. The molecule has 2 rings (SSSR count). The first-order valence-electron chi connectivity index (χ1n) is 5.64.